The van der Waals surface area contributed by atoms with E-state index in [9.17, 15) is 10.1 Å². The first kappa shape index (κ1) is 15.5. The average molecular weight is 296 g/mol. The molecule has 1 aliphatic heterocycles. The number of piperidine rings is 1. The lowest BCUT2D eigenvalue weighted by Crippen LogP contribution is -2.37. The number of rotatable bonds is 6. The van der Waals surface area contributed by atoms with Crippen molar-refractivity contribution < 1.29 is 19.5 Å². The molecule has 1 saturated heterocycles. The largest absolute Gasteiger partial charge is 0.497 e. The predicted octanol–water partition coefficient (Wildman–Crippen LogP) is 1.58. The molecule has 0 amide bonds. The van der Waals surface area contributed by atoms with Crippen molar-refractivity contribution in [3.05, 3.63) is 28.3 Å². The summed E-state index contributed by atoms with van der Waals surface area (Å²) >= 11 is 0. The second-order valence-electron chi connectivity index (χ2n) is 4.89. The second kappa shape index (κ2) is 7.24. The van der Waals surface area contributed by atoms with Gasteiger partial charge in [0.15, 0.2) is 0 Å². The number of nitrogens with zero attached hydrogens (tertiary/aromatic N) is 2. The molecule has 0 bridgehead atoms. The summed E-state index contributed by atoms with van der Waals surface area (Å²) in [6, 6.07) is 4.77. The molecule has 0 spiro atoms. The molecular weight excluding hydrogens is 276 g/mol. The molecule has 1 aromatic rings. The van der Waals surface area contributed by atoms with E-state index in [4.69, 9.17) is 14.6 Å². The predicted molar refractivity (Wildman–Crippen MR) is 77.9 cm³/mol. The molecule has 21 heavy (non-hydrogen) atoms. The van der Waals surface area contributed by atoms with Crippen molar-refractivity contribution in [1.29, 1.82) is 0 Å². The lowest BCUT2D eigenvalue weighted by atomic mass is 10.1. The molecule has 1 fully saturated rings. The number of benzene rings is 1. The van der Waals surface area contributed by atoms with Gasteiger partial charge in [-0.25, -0.2) is 0 Å². The number of aliphatic hydroxyl groups excluding tert-OH is 1. The van der Waals surface area contributed by atoms with Crippen LogP contribution in [0.5, 0.6) is 5.75 Å². The Morgan fingerprint density at radius 1 is 1.43 bits per heavy atom. The van der Waals surface area contributed by atoms with E-state index in [1.54, 1.807) is 19.2 Å². The molecule has 7 heteroatoms. The normalized spacial score (nSPS) is 16.0. The van der Waals surface area contributed by atoms with Gasteiger partial charge in [0, 0.05) is 25.2 Å². The Morgan fingerprint density at radius 2 is 2.14 bits per heavy atom. The Hall–Kier alpha value is -1.86. The van der Waals surface area contributed by atoms with E-state index >= 15 is 0 Å². The lowest BCUT2D eigenvalue weighted by molar-refractivity contribution is -0.384. The van der Waals surface area contributed by atoms with Crippen molar-refractivity contribution in [2.24, 2.45) is 0 Å². The first-order chi connectivity index (χ1) is 10.2. The van der Waals surface area contributed by atoms with Crippen molar-refractivity contribution >= 4 is 11.4 Å². The summed E-state index contributed by atoms with van der Waals surface area (Å²) in [5.74, 6) is 0.606. The molecular formula is C14H20N2O5. The fourth-order valence-corrected chi connectivity index (χ4v) is 2.52. The summed E-state index contributed by atoms with van der Waals surface area (Å²) in [7, 11) is 1.54. The van der Waals surface area contributed by atoms with Crippen molar-refractivity contribution in [3.63, 3.8) is 0 Å². The zero-order valence-corrected chi connectivity index (χ0v) is 12.0. The van der Waals surface area contributed by atoms with E-state index in [1.165, 1.54) is 6.07 Å². The first-order valence-corrected chi connectivity index (χ1v) is 6.95. The molecule has 0 atom stereocenters. The Balaban J connectivity index is 2.09. The van der Waals surface area contributed by atoms with Crippen LogP contribution in [0.2, 0.25) is 0 Å². The number of nitro groups is 1. The van der Waals surface area contributed by atoms with Crippen LogP contribution in [0.15, 0.2) is 18.2 Å². The van der Waals surface area contributed by atoms with E-state index in [1.807, 2.05) is 4.90 Å². The molecule has 116 valence electrons. The lowest BCUT2D eigenvalue weighted by Gasteiger charge is -2.33. The summed E-state index contributed by atoms with van der Waals surface area (Å²) in [5, 5.41) is 19.9. The van der Waals surface area contributed by atoms with Gasteiger partial charge in [-0.15, -0.1) is 0 Å². The highest BCUT2D eigenvalue weighted by atomic mass is 16.6. The Labute approximate surface area is 123 Å². The SMILES string of the molecule is COc1ccc([N+](=O)[O-])c(N2CCC(OCCO)CC2)c1. The maximum absolute atomic E-state index is 11.2. The van der Waals surface area contributed by atoms with Gasteiger partial charge in [-0.1, -0.05) is 0 Å². The fraction of sp³-hybridized carbons (Fsp3) is 0.571. The summed E-state index contributed by atoms with van der Waals surface area (Å²) in [4.78, 5) is 12.8. The van der Waals surface area contributed by atoms with Crippen LogP contribution >= 0.6 is 0 Å². The van der Waals surface area contributed by atoms with Crippen molar-refractivity contribution in [2.45, 2.75) is 18.9 Å². The van der Waals surface area contributed by atoms with Gasteiger partial charge in [-0.3, -0.25) is 10.1 Å². The van der Waals surface area contributed by atoms with Crippen molar-refractivity contribution in [2.75, 3.05) is 38.3 Å². The number of anilines is 1. The van der Waals surface area contributed by atoms with Gasteiger partial charge in [0.05, 0.1) is 31.4 Å². The number of methoxy groups -OCH3 is 1. The van der Waals surface area contributed by atoms with Crippen LogP contribution in [0.4, 0.5) is 11.4 Å². The number of ether oxygens (including phenoxy) is 2. The molecule has 0 saturated carbocycles. The van der Waals surface area contributed by atoms with E-state index in [-0.39, 0.29) is 23.3 Å². The summed E-state index contributed by atoms with van der Waals surface area (Å²) in [6.07, 6.45) is 1.68. The number of hydrogen-bond donors (Lipinski definition) is 1. The minimum atomic E-state index is -0.372. The van der Waals surface area contributed by atoms with E-state index in [0.717, 1.165) is 12.8 Å². The van der Waals surface area contributed by atoms with Crippen LogP contribution in [0, 0.1) is 10.1 Å². The fourth-order valence-electron chi connectivity index (χ4n) is 2.52. The van der Waals surface area contributed by atoms with Gasteiger partial charge >= 0.3 is 0 Å². The van der Waals surface area contributed by atoms with Crippen molar-refractivity contribution in [1.82, 2.24) is 0 Å². The van der Waals surface area contributed by atoms with Crippen LogP contribution in [0.25, 0.3) is 0 Å². The van der Waals surface area contributed by atoms with Crippen LogP contribution in [-0.2, 0) is 4.74 Å². The third-order valence-electron chi connectivity index (χ3n) is 3.61. The zero-order chi connectivity index (χ0) is 15.2. The highest BCUT2D eigenvalue weighted by molar-refractivity contribution is 5.66. The minimum absolute atomic E-state index is 0.0154. The monoisotopic (exact) mass is 296 g/mol. The van der Waals surface area contributed by atoms with Gasteiger partial charge in [0.25, 0.3) is 5.69 Å². The molecule has 1 aromatic carbocycles. The van der Waals surface area contributed by atoms with Gasteiger partial charge in [-0.05, 0) is 18.9 Å². The quantitative estimate of drug-likeness (QED) is 0.633. The molecule has 7 nitrogen and oxygen atoms in total. The average Bonchev–Trinajstić information content (AvgIpc) is 2.52. The van der Waals surface area contributed by atoms with Gasteiger partial charge in [0.1, 0.15) is 11.4 Å². The van der Waals surface area contributed by atoms with Gasteiger partial charge in [-0.2, -0.15) is 0 Å². The Kier molecular flexibility index (Phi) is 5.35. The highest BCUT2D eigenvalue weighted by Gasteiger charge is 2.25. The van der Waals surface area contributed by atoms with Crippen molar-refractivity contribution in [3.8, 4) is 5.75 Å². The Morgan fingerprint density at radius 3 is 2.71 bits per heavy atom. The minimum Gasteiger partial charge on any atom is -0.497 e. The van der Waals surface area contributed by atoms with Gasteiger partial charge in [0.2, 0.25) is 0 Å². The summed E-state index contributed by atoms with van der Waals surface area (Å²) < 4.78 is 10.7. The molecule has 1 N–H and O–H groups in total. The molecule has 0 unspecified atom stereocenters. The number of hydrogen-bond acceptors (Lipinski definition) is 6. The Bertz CT molecular complexity index is 486. The van der Waals surface area contributed by atoms with E-state index < -0.39 is 0 Å². The van der Waals surface area contributed by atoms with Gasteiger partial charge < -0.3 is 19.5 Å². The molecule has 1 aliphatic rings. The summed E-state index contributed by atoms with van der Waals surface area (Å²) in [6.45, 7) is 1.72. The van der Waals surface area contributed by atoms with Crippen LogP contribution in [0.3, 0.4) is 0 Å². The first-order valence-electron chi connectivity index (χ1n) is 6.95. The standard InChI is InChI=1S/C14H20N2O5/c1-20-12-2-3-13(16(18)19)14(10-12)15-6-4-11(5-7-15)21-9-8-17/h2-3,10-11,17H,4-9H2,1H3. The zero-order valence-electron chi connectivity index (χ0n) is 12.0. The molecule has 0 aliphatic carbocycles. The summed E-state index contributed by atoms with van der Waals surface area (Å²) in [5.41, 5.74) is 0.672. The third kappa shape index (κ3) is 3.83. The highest BCUT2D eigenvalue weighted by Crippen LogP contribution is 2.34. The number of aliphatic hydroxyl groups is 1. The molecule has 2 rings (SSSR count). The maximum Gasteiger partial charge on any atom is 0.292 e. The molecule has 0 aromatic heterocycles. The third-order valence-corrected chi connectivity index (χ3v) is 3.61. The molecule has 1 heterocycles. The van der Waals surface area contributed by atoms with E-state index in [0.29, 0.717) is 31.1 Å². The number of nitro benzene ring substituents is 1. The molecule has 0 radical (unpaired) electrons. The van der Waals surface area contributed by atoms with E-state index in [2.05, 4.69) is 0 Å². The van der Waals surface area contributed by atoms with Crippen LogP contribution < -0.4 is 9.64 Å². The smallest absolute Gasteiger partial charge is 0.292 e. The van der Waals surface area contributed by atoms with Crippen LogP contribution in [0.1, 0.15) is 12.8 Å². The second-order valence-corrected chi connectivity index (χ2v) is 4.89. The maximum atomic E-state index is 11.2. The topological polar surface area (TPSA) is 85.1 Å². The van der Waals surface area contributed by atoms with Crippen LogP contribution in [-0.4, -0.2) is 49.5 Å².